The normalized spacial score (nSPS) is 26.6. The van der Waals surface area contributed by atoms with E-state index in [1.165, 1.54) is 73.1 Å². The number of hydrogen-bond acceptors (Lipinski definition) is 18. The molecule has 3 aliphatic heterocycles. The molecule has 27 heteroatoms. The number of nitrogens with one attached hydrogen (secondary N) is 2. The molecular weight excluding hydrogens is 960 g/mol. The van der Waals surface area contributed by atoms with Crippen LogP contribution in [0.1, 0.15) is 68.2 Å². The van der Waals surface area contributed by atoms with Crippen LogP contribution in [-0.4, -0.2) is 203 Å². The van der Waals surface area contributed by atoms with Gasteiger partial charge in [-0.15, -0.1) is 0 Å². The Morgan fingerprint density at radius 2 is 1.23 bits per heavy atom. The number of ketones is 1. The van der Waals surface area contributed by atoms with Crippen LogP contribution in [0, 0.1) is 0 Å². The van der Waals surface area contributed by atoms with Crippen molar-refractivity contribution in [2.75, 3.05) is 73.6 Å². The SMILES string of the molecule is COC1OC(COC(C)(C)OCCOCCCC(=O)C(F)(F)F)C(OC2OC(COC(C)(C)OCCOCCNC(=O)C(F)(F)F)C(OC)C(O)C2N2C(=O)c3ccccc3C2=O)C(O)C1NC(C)=O. The van der Waals surface area contributed by atoms with E-state index in [1.807, 2.05) is 0 Å². The lowest BCUT2D eigenvalue weighted by molar-refractivity contribution is -0.348. The summed E-state index contributed by atoms with van der Waals surface area (Å²) in [5.41, 5.74) is 0.0222. The molecule has 398 valence electrons. The molecule has 4 amide bonds. The third-order valence-corrected chi connectivity index (χ3v) is 10.9. The number of amides is 4. The van der Waals surface area contributed by atoms with Gasteiger partial charge >= 0.3 is 18.3 Å². The minimum atomic E-state index is -5.04. The van der Waals surface area contributed by atoms with Crippen LogP contribution in [0.25, 0.3) is 0 Å². The van der Waals surface area contributed by atoms with E-state index in [2.05, 4.69) is 5.32 Å². The summed E-state index contributed by atoms with van der Waals surface area (Å²) in [6.07, 6.45) is -23.0. The summed E-state index contributed by atoms with van der Waals surface area (Å²) in [6, 6.07) is 2.90. The van der Waals surface area contributed by atoms with Gasteiger partial charge in [-0.05, 0) is 46.2 Å². The number of methoxy groups -OCH3 is 2. The number of carbonyl (C=O) groups is 5. The maximum Gasteiger partial charge on any atom is 0.471 e. The second-order valence-electron chi connectivity index (χ2n) is 17.0. The highest BCUT2D eigenvalue weighted by Gasteiger charge is 2.57. The Balaban J connectivity index is 1.54. The highest BCUT2D eigenvalue weighted by Crippen LogP contribution is 2.37. The van der Waals surface area contributed by atoms with Crippen molar-refractivity contribution in [2.45, 2.75) is 133 Å². The molecule has 2 fully saturated rings. The van der Waals surface area contributed by atoms with Gasteiger partial charge in [0.2, 0.25) is 11.7 Å². The monoisotopic (exact) mass is 1020 g/mol. The molecule has 0 aromatic heterocycles. The van der Waals surface area contributed by atoms with Crippen molar-refractivity contribution >= 4 is 29.4 Å². The average Bonchev–Trinajstić information content (AvgIpc) is 3.52. The number of Topliss-reactive ketones (excluding diaryl/α,β-unsaturated/α-hetero) is 1. The molecule has 70 heavy (non-hydrogen) atoms. The number of aliphatic hydroxyl groups excluding tert-OH is 2. The minimum absolute atomic E-state index is 0.0111. The van der Waals surface area contributed by atoms with Crippen molar-refractivity contribution in [3.05, 3.63) is 35.4 Å². The summed E-state index contributed by atoms with van der Waals surface area (Å²) in [4.78, 5) is 63.2. The van der Waals surface area contributed by atoms with E-state index < -0.39 is 141 Å². The molecule has 10 atom stereocenters. The fourth-order valence-corrected chi connectivity index (χ4v) is 7.52. The number of benzene rings is 1. The van der Waals surface area contributed by atoms with Crippen LogP contribution in [0.15, 0.2) is 24.3 Å². The summed E-state index contributed by atoms with van der Waals surface area (Å²) in [6.45, 7) is 5.04. The lowest BCUT2D eigenvalue weighted by atomic mass is 9.93. The second kappa shape index (κ2) is 25.6. The average molecular weight is 1020 g/mol. The van der Waals surface area contributed by atoms with E-state index in [1.54, 1.807) is 5.32 Å². The molecule has 21 nitrogen and oxygen atoms in total. The van der Waals surface area contributed by atoms with Crippen LogP contribution in [-0.2, 0) is 66.5 Å². The molecule has 3 aliphatic rings. The number of nitrogens with zero attached hydrogens (tertiary/aromatic N) is 1. The zero-order valence-corrected chi connectivity index (χ0v) is 39.5. The quantitative estimate of drug-likeness (QED) is 0.0422. The van der Waals surface area contributed by atoms with Gasteiger partial charge in [0.25, 0.3) is 11.8 Å². The first-order chi connectivity index (χ1) is 32.7. The van der Waals surface area contributed by atoms with Crippen LogP contribution in [0.4, 0.5) is 26.3 Å². The molecule has 4 rings (SSSR count). The number of hydrogen-bond donors (Lipinski definition) is 4. The number of halogens is 6. The molecular formula is C43H61F6N3O18. The maximum absolute atomic E-state index is 14.0. The number of rotatable bonds is 27. The lowest BCUT2D eigenvalue weighted by Crippen LogP contribution is -2.70. The second-order valence-corrected chi connectivity index (χ2v) is 17.0. The third-order valence-electron chi connectivity index (χ3n) is 10.9. The first kappa shape index (κ1) is 58.6. The summed E-state index contributed by atoms with van der Waals surface area (Å²) < 4.78 is 139. The number of carbonyl (C=O) groups excluding carboxylic acids is 5. The van der Waals surface area contributed by atoms with E-state index in [-0.39, 0.29) is 57.2 Å². The van der Waals surface area contributed by atoms with Gasteiger partial charge in [0.05, 0.1) is 57.4 Å². The predicted molar refractivity (Wildman–Crippen MR) is 223 cm³/mol. The summed E-state index contributed by atoms with van der Waals surface area (Å²) in [7, 11) is 2.47. The van der Waals surface area contributed by atoms with Crippen LogP contribution in [0.2, 0.25) is 0 Å². The number of alkyl halides is 6. The van der Waals surface area contributed by atoms with Gasteiger partial charge in [0, 0.05) is 40.7 Å². The molecule has 0 aliphatic carbocycles. The van der Waals surface area contributed by atoms with Crippen LogP contribution in [0.5, 0.6) is 0 Å². The van der Waals surface area contributed by atoms with Gasteiger partial charge in [-0.1, -0.05) is 12.1 Å². The topological polar surface area (TPSA) is 255 Å². The maximum atomic E-state index is 14.0. The van der Waals surface area contributed by atoms with E-state index in [0.29, 0.717) is 0 Å². The third kappa shape index (κ3) is 16.3. The van der Waals surface area contributed by atoms with E-state index >= 15 is 0 Å². The summed E-state index contributed by atoms with van der Waals surface area (Å²) in [5.74, 6) is -9.09. The molecule has 0 saturated carbocycles. The van der Waals surface area contributed by atoms with Crippen molar-refractivity contribution in [1.82, 2.24) is 15.5 Å². The van der Waals surface area contributed by atoms with Crippen molar-refractivity contribution < 1.29 is 113 Å². The van der Waals surface area contributed by atoms with Crippen molar-refractivity contribution in [1.29, 1.82) is 0 Å². The Bertz CT molecular complexity index is 1870. The van der Waals surface area contributed by atoms with Gasteiger partial charge in [-0.3, -0.25) is 28.9 Å². The number of aliphatic hydroxyl groups is 2. The Morgan fingerprint density at radius 1 is 0.700 bits per heavy atom. The molecule has 10 unspecified atom stereocenters. The summed E-state index contributed by atoms with van der Waals surface area (Å²) >= 11 is 0. The summed E-state index contributed by atoms with van der Waals surface area (Å²) in [5, 5.41) is 28.3. The van der Waals surface area contributed by atoms with Crippen molar-refractivity contribution in [3.8, 4) is 0 Å². The van der Waals surface area contributed by atoms with E-state index in [4.69, 9.17) is 52.1 Å². The fourth-order valence-electron chi connectivity index (χ4n) is 7.52. The molecule has 1 aromatic rings. The number of imide groups is 1. The minimum Gasteiger partial charge on any atom is -0.388 e. The standard InChI is InChI=1S/C43H61F6N3O18/c1-23(53)51-29-31(55)34(27(68-37(29)61-7)22-67-41(4,5)64-19-17-62-15-10-13-28(54)42(44,45)46)70-38-30(52-35(57)24-11-8-9-12-25(24)36(52)58)32(56)33(60-6)26(69-38)21-66-40(2,3)65-20-18-63-16-14-50-39(59)43(47,48)49/h8-9,11-12,26-27,29-34,37-38,55-56H,10,13-22H2,1-7H3,(H,50,59)(H,51,53). The Morgan fingerprint density at radius 3 is 1.73 bits per heavy atom. The van der Waals surface area contributed by atoms with Gasteiger partial charge in [0.15, 0.2) is 24.2 Å². The molecule has 4 N–H and O–H groups in total. The molecule has 2 saturated heterocycles. The first-order valence-corrected chi connectivity index (χ1v) is 22.0. The van der Waals surface area contributed by atoms with Crippen LogP contribution in [0.3, 0.4) is 0 Å². The fraction of sp³-hybridized carbons (Fsp3) is 0.744. The van der Waals surface area contributed by atoms with Gasteiger partial charge in [-0.25, -0.2) is 0 Å². The molecule has 0 bridgehead atoms. The van der Waals surface area contributed by atoms with Gasteiger partial charge in [-0.2, -0.15) is 26.3 Å². The molecule has 0 radical (unpaired) electrons. The highest BCUT2D eigenvalue weighted by molar-refractivity contribution is 6.21. The first-order valence-electron chi connectivity index (χ1n) is 22.0. The largest absolute Gasteiger partial charge is 0.471 e. The number of ether oxygens (including phenoxy) is 11. The molecule has 0 spiro atoms. The number of fused-ring (bicyclic) bond motifs is 1. The Labute approximate surface area is 398 Å². The molecule has 1 aromatic carbocycles. The van der Waals surface area contributed by atoms with E-state index in [9.17, 15) is 60.5 Å². The van der Waals surface area contributed by atoms with Crippen molar-refractivity contribution in [3.63, 3.8) is 0 Å². The Kier molecular flexibility index (Phi) is 21.4. The zero-order valence-electron chi connectivity index (χ0n) is 39.5. The predicted octanol–water partition coefficient (Wildman–Crippen LogP) is 1.54. The van der Waals surface area contributed by atoms with Gasteiger partial charge in [0.1, 0.15) is 48.7 Å². The highest BCUT2D eigenvalue weighted by atomic mass is 19.4. The van der Waals surface area contributed by atoms with Crippen LogP contribution >= 0.6 is 0 Å². The van der Waals surface area contributed by atoms with E-state index in [0.717, 1.165) is 4.90 Å². The van der Waals surface area contributed by atoms with Gasteiger partial charge < -0.3 is 73.0 Å². The lowest BCUT2D eigenvalue weighted by Gasteiger charge is -2.50. The zero-order chi connectivity index (χ0) is 52.2. The van der Waals surface area contributed by atoms with Crippen LogP contribution < -0.4 is 10.6 Å². The Hall–Kier alpha value is -3.97. The molecule has 3 heterocycles. The smallest absolute Gasteiger partial charge is 0.388 e. The van der Waals surface area contributed by atoms with Crippen molar-refractivity contribution in [2.24, 2.45) is 0 Å².